The standard InChI is InChI=1S/C16H22NO/c1-10(2)16-17(11(3)4)14-9-12-7-5-6-8-13(12)15(14)18-16/h5-8,10-11,14-15H,9H2,1-4H3/q+1/t14-,15+/m1/s1. The van der Waals surface area contributed by atoms with Gasteiger partial charge in [0.15, 0.2) is 12.1 Å². The summed E-state index contributed by atoms with van der Waals surface area (Å²) in [5.41, 5.74) is 2.85. The molecule has 0 radical (unpaired) electrons. The van der Waals surface area contributed by atoms with Crippen LogP contribution in [0.3, 0.4) is 0 Å². The van der Waals surface area contributed by atoms with Gasteiger partial charge in [-0.05, 0) is 33.3 Å². The van der Waals surface area contributed by atoms with Gasteiger partial charge in [-0.2, -0.15) is 4.58 Å². The number of nitrogens with zero attached hydrogens (tertiary/aromatic N) is 1. The highest BCUT2D eigenvalue weighted by molar-refractivity contribution is 5.75. The molecule has 1 aromatic rings. The van der Waals surface area contributed by atoms with E-state index in [-0.39, 0.29) is 6.10 Å². The maximum absolute atomic E-state index is 6.29. The third kappa shape index (κ3) is 1.58. The van der Waals surface area contributed by atoms with E-state index < -0.39 is 0 Å². The van der Waals surface area contributed by atoms with Crippen molar-refractivity contribution in [2.24, 2.45) is 5.92 Å². The Balaban J connectivity index is 2.02. The van der Waals surface area contributed by atoms with Gasteiger partial charge in [0.05, 0.1) is 5.92 Å². The van der Waals surface area contributed by atoms with Crippen molar-refractivity contribution in [2.75, 3.05) is 0 Å². The summed E-state index contributed by atoms with van der Waals surface area (Å²) in [7, 11) is 0. The van der Waals surface area contributed by atoms with Crippen LogP contribution in [0.15, 0.2) is 24.3 Å². The smallest absolute Gasteiger partial charge is 0.340 e. The van der Waals surface area contributed by atoms with Crippen LogP contribution < -0.4 is 0 Å². The Morgan fingerprint density at radius 2 is 1.89 bits per heavy atom. The van der Waals surface area contributed by atoms with Gasteiger partial charge in [0.2, 0.25) is 6.04 Å². The lowest BCUT2D eigenvalue weighted by atomic mass is 10.1. The first-order chi connectivity index (χ1) is 8.59. The molecule has 0 saturated heterocycles. The van der Waals surface area contributed by atoms with Gasteiger partial charge in [-0.25, -0.2) is 0 Å². The predicted molar refractivity (Wildman–Crippen MR) is 73.0 cm³/mol. The minimum absolute atomic E-state index is 0.251. The number of hydrogen-bond acceptors (Lipinski definition) is 1. The van der Waals surface area contributed by atoms with Crippen LogP contribution in [0.4, 0.5) is 0 Å². The number of fused-ring (bicyclic) bond motifs is 3. The van der Waals surface area contributed by atoms with E-state index in [1.165, 1.54) is 17.0 Å². The molecule has 2 atom stereocenters. The highest BCUT2D eigenvalue weighted by Gasteiger charge is 2.50. The van der Waals surface area contributed by atoms with E-state index in [0.29, 0.717) is 18.0 Å². The van der Waals surface area contributed by atoms with Gasteiger partial charge >= 0.3 is 5.90 Å². The largest absolute Gasteiger partial charge is 0.432 e. The van der Waals surface area contributed by atoms with E-state index >= 15 is 0 Å². The molecule has 0 N–H and O–H groups in total. The monoisotopic (exact) mass is 244 g/mol. The lowest BCUT2D eigenvalue weighted by Crippen LogP contribution is -2.33. The molecule has 1 aromatic carbocycles. The molecule has 0 fully saturated rings. The van der Waals surface area contributed by atoms with Gasteiger partial charge in [0.25, 0.3) is 0 Å². The van der Waals surface area contributed by atoms with E-state index in [2.05, 4.69) is 56.5 Å². The lowest BCUT2D eigenvalue weighted by molar-refractivity contribution is -0.589. The fraction of sp³-hybridized carbons (Fsp3) is 0.562. The minimum Gasteiger partial charge on any atom is -0.432 e. The fourth-order valence-corrected chi connectivity index (χ4v) is 3.35. The molecule has 2 aliphatic rings. The second-order valence-electron chi connectivity index (χ2n) is 6.00. The molecule has 2 heteroatoms. The molecule has 18 heavy (non-hydrogen) atoms. The van der Waals surface area contributed by atoms with Gasteiger partial charge in [0.1, 0.15) is 0 Å². The van der Waals surface area contributed by atoms with Gasteiger partial charge in [-0.3, -0.25) is 0 Å². The van der Waals surface area contributed by atoms with E-state index in [1.807, 2.05) is 0 Å². The molecule has 2 nitrogen and oxygen atoms in total. The van der Waals surface area contributed by atoms with Crippen LogP contribution in [-0.2, 0) is 11.2 Å². The first-order valence-electron chi connectivity index (χ1n) is 6.99. The Morgan fingerprint density at radius 1 is 1.17 bits per heavy atom. The minimum atomic E-state index is 0.251. The van der Waals surface area contributed by atoms with Crippen molar-refractivity contribution in [1.29, 1.82) is 0 Å². The first-order valence-corrected chi connectivity index (χ1v) is 6.99. The molecule has 0 saturated carbocycles. The number of benzene rings is 1. The summed E-state index contributed by atoms with van der Waals surface area (Å²) in [5.74, 6) is 1.64. The van der Waals surface area contributed by atoms with Gasteiger partial charge in [0, 0.05) is 12.0 Å². The van der Waals surface area contributed by atoms with Crippen molar-refractivity contribution in [3.63, 3.8) is 0 Å². The predicted octanol–water partition coefficient (Wildman–Crippen LogP) is 3.16. The molecule has 0 unspecified atom stereocenters. The van der Waals surface area contributed by atoms with Crippen LogP contribution >= 0.6 is 0 Å². The highest BCUT2D eigenvalue weighted by Crippen LogP contribution is 2.41. The van der Waals surface area contributed by atoms with Crippen LogP contribution in [0.2, 0.25) is 0 Å². The van der Waals surface area contributed by atoms with Gasteiger partial charge in [-0.15, -0.1) is 0 Å². The van der Waals surface area contributed by atoms with Crippen molar-refractivity contribution >= 4 is 5.90 Å². The number of hydrogen-bond donors (Lipinski definition) is 0. The molecule has 1 aliphatic carbocycles. The molecule has 1 heterocycles. The van der Waals surface area contributed by atoms with Crippen LogP contribution in [0.5, 0.6) is 0 Å². The topological polar surface area (TPSA) is 12.2 Å². The van der Waals surface area contributed by atoms with Gasteiger partial charge in [-0.1, -0.05) is 24.3 Å². The van der Waals surface area contributed by atoms with Crippen LogP contribution in [-0.4, -0.2) is 22.6 Å². The highest BCUT2D eigenvalue weighted by atomic mass is 16.5. The van der Waals surface area contributed by atoms with E-state index in [0.717, 1.165) is 6.42 Å². The first kappa shape index (κ1) is 11.8. The molecule has 0 bridgehead atoms. The van der Waals surface area contributed by atoms with Crippen LogP contribution in [0.1, 0.15) is 44.9 Å². The SMILES string of the molecule is CC(C)C1=[N+](C(C)C)[C@@H]2Cc3ccccc3[C@@H]2O1. The molecular weight excluding hydrogens is 222 g/mol. The maximum atomic E-state index is 6.29. The second-order valence-corrected chi connectivity index (χ2v) is 6.00. The maximum Gasteiger partial charge on any atom is 0.340 e. The van der Waals surface area contributed by atoms with Crippen LogP contribution in [0, 0.1) is 5.92 Å². The summed E-state index contributed by atoms with van der Waals surface area (Å²) in [4.78, 5) is 0. The summed E-state index contributed by atoms with van der Waals surface area (Å²) in [6.45, 7) is 8.96. The number of ether oxygens (including phenoxy) is 1. The molecule has 0 amide bonds. The van der Waals surface area contributed by atoms with Gasteiger partial charge < -0.3 is 4.74 Å². The zero-order valence-corrected chi connectivity index (χ0v) is 11.7. The molecule has 96 valence electrons. The summed E-state index contributed by atoms with van der Waals surface area (Å²) in [5, 5.41) is 0. The fourth-order valence-electron chi connectivity index (χ4n) is 3.35. The molecule has 0 aromatic heterocycles. The molecule has 0 spiro atoms. The average molecular weight is 244 g/mol. The Morgan fingerprint density at radius 3 is 2.56 bits per heavy atom. The van der Waals surface area contributed by atoms with Crippen molar-refractivity contribution in [1.82, 2.24) is 0 Å². The zero-order chi connectivity index (χ0) is 12.9. The van der Waals surface area contributed by atoms with Crippen molar-refractivity contribution in [3.05, 3.63) is 35.4 Å². The summed E-state index contributed by atoms with van der Waals surface area (Å²) < 4.78 is 8.79. The van der Waals surface area contributed by atoms with E-state index in [9.17, 15) is 0 Å². The Bertz CT molecular complexity index is 502. The van der Waals surface area contributed by atoms with Crippen molar-refractivity contribution < 1.29 is 9.31 Å². The normalized spacial score (nSPS) is 25.7. The van der Waals surface area contributed by atoms with Crippen molar-refractivity contribution in [2.45, 2.75) is 52.3 Å². The lowest BCUT2D eigenvalue weighted by Gasteiger charge is -2.10. The second kappa shape index (κ2) is 4.11. The zero-order valence-electron chi connectivity index (χ0n) is 11.7. The molecular formula is C16H22NO+. The summed E-state index contributed by atoms with van der Waals surface area (Å²) in [6.07, 6.45) is 1.37. The third-order valence-electron chi connectivity index (χ3n) is 4.05. The Labute approximate surface area is 109 Å². The Kier molecular flexibility index (Phi) is 2.69. The summed E-state index contributed by atoms with van der Waals surface area (Å²) in [6, 6.07) is 9.72. The number of rotatable bonds is 2. The van der Waals surface area contributed by atoms with Crippen molar-refractivity contribution in [3.8, 4) is 0 Å². The molecule has 1 aliphatic heterocycles. The van der Waals surface area contributed by atoms with Crippen LogP contribution in [0.25, 0.3) is 0 Å². The summed E-state index contributed by atoms with van der Waals surface area (Å²) >= 11 is 0. The third-order valence-corrected chi connectivity index (χ3v) is 4.05. The Hall–Kier alpha value is -1.31. The quantitative estimate of drug-likeness (QED) is 0.728. The van der Waals surface area contributed by atoms with E-state index in [1.54, 1.807) is 0 Å². The average Bonchev–Trinajstić information content (AvgIpc) is 2.83. The molecule has 3 rings (SSSR count). The van der Waals surface area contributed by atoms with E-state index in [4.69, 9.17) is 4.74 Å².